The van der Waals surface area contributed by atoms with E-state index in [4.69, 9.17) is 4.74 Å². The van der Waals surface area contributed by atoms with Gasteiger partial charge in [0.2, 0.25) is 11.0 Å². The fourth-order valence-corrected chi connectivity index (χ4v) is 1.62. The van der Waals surface area contributed by atoms with Crippen LogP contribution in [0.25, 0.3) is 0 Å². The standard InChI is InChI=1S/C7H9N3O2S/c11-6(5-1-2-12-3-5)9-7-10-8-4-13-7/h4-5H,1-3H2,(H,9,10,11). The van der Waals surface area contributed by atoms with E-state index in [9.17, 15) is 4.79 Å². The van der Waals surface area contributed by atoms with Crippen LogP contribution in [0.5, 0.6) is 0 Å². The molecule has 0 radical (unpaired) electrons. The summed E-state index contributed by atoms with van der Waals surface area (Å²) in [6, 6.07) is 0. The van der Waals surface area contributed by atoms with E-state index in [-0.39, 0.29) is 11.8 Å². The van der Waals surface area contributed by atoms with Gasteiger partial charge in [-0.05, 0) is 6.42 Å². The first-order chi connectivity index (χ1) is 6.36. The summed E-state index contributed by atoms with van der Waals surface area (Å²) in [5.74, 6) is -0.0434. The molecular weight excluding hydrogens is 190 g/mol. The highest BCUT2D eigenvalue weighted by molar-refractivity contribution is 7.13. The van der Waals surface area contributed by atoms with Gasteiger partial charge in [-0.25, -0.2) is 0 Å². The number of nitrogens with one attached hydrogen (secondary N) is 1. The number of amides is 1. The molecule has 6 heteroatoms. The number of carbonyl (C=O) groups excluding carboxylic acids is 1. The van der Waals surface area contributed by atoms with Gasteiger partial charge in [-0.2, -0.15) is 0 Å². The van der Waals surface area contributed by atoms with Gasteiger partial charge in [0.15, 0.2) is 0 Å². The van der Waals surface area contributed by atoms with E-state index in [2.05, 4.69) is 15.5 Å². The molecule has 1 aromatic rings. The van der Waals surface area contributed by atoms with Gasteiger partial charge in [0.25, 0.3) is 0 Å². The topological polar surface area (TPSA) is 64.1 Å². The largest absolute Gasteiger partial charge is 0.381 e. The lowest BCUT2D eigenvalue weighted by Crippen LogP contribution is -2.22. The molecule has 1 aliphatic rings. The fourth-order valence-electron chi connectivity index (χ4n) is 1.18. The average Bonchev–Trinajstić information content (AvgIpc) is 2.74. The van der Waals surface area contributed by atoms with E-state index in [1.807, 2.05) is 0 Å². The maximum atomic E-state index is 11.5. The van der Waals surface area contributed by atoms with E-state index in [1.165, 1.54) is 11.3 Å². The Bertz CT molecular complexity index is 282. The van der Waals surface area contributed by atoms with Gasteiger partial charge in [0, 0.05) is 6.61 Å². The number of ether oxygens (including phenoxy) is 1. The van der Waals surface area contributed by atoms with Crippen molar-refractivity contribution < 1.29 is 9.53 Å². The predicted molar refractivity (Wildman–Crippen MR) is 47.5 cm³/mol. The van der Waals surface area contributed by atoms with E-state index in [0.717, 1.165) is 6.42 Å². The number of anilines is 1. The van der Waals surface area contributed by atoms with Gasteiger partial charge in [0.1, 0.15) is 5.51 Å². The molecule has 13 heavy (non-hydrogen) atoms. The van der Waals surface area contributed by atoms with Crippen molar-refractivity contribution in [3.63, 3.8) is 0 Å². The maximum absolute atomic E-state index is 11.5. The third-order valence-electron chi connectivity index (χ3n) is 1.89. The summed E-state index contributed by atoms with van der Waals surface area (Å²) in [5, 5.41) is 10.6. The monoisotopic (exact) mass is 199 g/mol. The van der Waals surface area contributed by atoms with Crippen LogP contribution in [-0.4, -0.2) is 29.3 Å². The Morgan fingerprint density at radius 3 is 3.31 bits per heavy atom. The van der Waals surface area contributed by atoms with Crippen molar-refractivity contribution in [2.24, 2.45) is 5.92 Å². The lowest BCUT2D eigenvalue weighted by atomic mass is 10.1. The minimum absolute atomic E-state index is 0.0192. The second-order valence-corrected chi connectivity index (χ2v) is 3.63. The third-order valence-corrected chi connectivity index (χ3v) is 2.50. The van der Waals surface area contributed by atoms with Crippen molar-refractivity contribution in [2.45, 2.75) is 6.42 Å². The van der Waals surface area contributed by atoms with Crippen LogP contribution in [0.4, 0.5) is 5.13 Å². The van der Waals surface area contributed by atoms with E-state index >= 15 is 0 Å². The molecule has 2 rings (SSSR count). The highest BCUT2D eigenvalue weighted by atomic mass is 32.1. The Balaban J connectivity index is 1.91. The molecule has 2 heterocycles. The highest BCUT2D eigenvalue weighted by Crippen LogP contribution is 2.16. The van der Waals surface area contributed by atoms with E-state index < -0.39 is 0 Å². The first-order valence-electron chi connectivity index (χ1n) is 4.01. The van der Waals surface area contributed by atoms with Gasteiger partial charge in [-0.15, -0.1) is 10.2 Å². The molecule has 1 saturated heterocycles. The normalized spacial score (nSPS) is 21.7. The van der Waals surface area contributed by atoms with Crippen LogP contribution in [0.1, 0.15) is 6.42 Å². The van der Waals surface area contributed by atoms with Gasteiger partial charge in [0.05, 0.1) is 12.5 Å². The molecule has 0 bridgehead atoms. The Labute approximate surface area is 79.1 Å². The van der Waals surface area contributed by atoms with Crippen molar-refractivity contribution in [3.8, 4) is 0 Å². The lowest BCUT2D eigenvalue weighted by molar-refractivity contribution is -0.119. The molecule has 1 atom stereocenters. The molecule has 1 N–H and O–H groups in total. The molecular formula is C7H9N3O2S. The molecule has 1 unspecified atom stereocenters. The number of aromatic nitrogens is 2. The average molecular weight is 199 g/mol. The molecule has 1 aromatic heterocycles. The minimum Gasteiger partial charge on any atom is -0.381 e. The number of carbonyl (C=O) groups is 1. The third kappa shape index (κ3) is 2.02. The Kier molecular flexibility index (Phi) is 2.51. The molecule has 1 fully saturated rings. The second kappa shape index (κ2) is 3.80. The van der Waals surface area contributed by atoms with Crippen molar-refractivity contribution in [2.75, 3.05) is 18.5 Å². The zero-order valence-electron chi connectivity index (χ0n) is 6.90. The smallest absolute Gasteiger partial charge is 0.231 e. The maximum Gasteiger partial charge on any atom is 0.231 e. The Morgan fingerprint density at radius 1 is 1.77 bits per heavy atom. The van der Waals surface area contributed by atoms with E-state index in [0.29, 0.717) is 18.3 Å². The summed E-state index contributed by atoms with van der Waals surface area (Å²) in [6.45, 7) is 1.19. The summed E-state index contributed by atoms with van der Waals surface area (Å²) in [6.07, 6.45) is 0.796. The molecule has 5 nitrogen and oxygen atoms in total. The van der Waals surface area contributed by atoms with Crippen LogP contribution >= 0.6 is 11.3 Å². The summed E-state index contributed by atoms with van der Waals surface area (Å²) < 4.78 is 5.10. The second-order valence-electron chi connectivity index (χ2n) is 2.79. The molecule has 0 aromatic carbocycles. The van der Waals surface area contributed by atoms with Gasteiger partial charge in [-0.1, -0.05) is 11.3 Å². The highest BCUT2D eigenvalue weighted by Gasteiger charge is 2.23. The Hall–Kier alpha value is -1.01. The van der Waals surface area contributed by atoms with Crippen molar-refractivity contribution in [3.05, 3.63) is 5.51 Å². The molecule has 0 aliphatic carbocycles. The summed E-state index contributed by atoms with van der Waals surface area (Å²) in [4.78, 5) is 11.5. The first-order valence-corrected chi connectivity index (χ1v) is 4.89. The molecule has 0 saturated carbocycles. The van der Waals surface area contributed by atoms with Crippen LogP contribution in [-0.2, 0) is 9.53 Å². The quantitative estimate of drug-likeness (QED) is 0.754. The Morgan fingerprint density at radius 2 is 2.69 bits per heavy atom. The van der Waals surface area contributed by atoms with Crippen LogP contribution in [0.15, 0.2) is 5.51 Å². The van der Waals surface area contributed by atoms with Gasteiger partial charge >= 0.3 is 0 Å². The van der Waals surface area contributed by atoms with Gasteiger partial charge in [-0.3, -0.25) is 4.79 Å². The van der Waals surface area contributed by atoms with Crippen LogP contribution in [0.2, 0.25) is 0 Å². The van der Waals surface area contributed by atoms with Crippen molar-refractivity contribution in [1.29, 1.82) is 0 Å². The van der Waals surface area contributed by atoms with Crippen LogP contribution < -0.4 is 5.32 Å². The zero-order chi connectivity index (χ0) is 9.10. The predicted octanol–water partition coefficient (Wildman–Crippen LogP) is 0.513. The van der Waals surface area contributed by atoms with Crippen molar-refractivity contribution >= 4 is 22.4 Å². The zero-order valence-corrected chi connectivity index (χ0v) is 7.71. The first kappa shape index (κ1) is 8.58. The number of nitrogens with zero attached hydrogens (tertiary/aromatic N) is 2. The molecule has 70 valence electrons. The van der Waals surface area contributed by atoms with E-state index in [1.54, 1.807) is 5.51 Å². The lowest BCUT2D eigenvalue weighted by Gasteiger charge is -2.05. The number of rotatable bonds is 2. The summed E-state index contributed by atoms with van der Waals surface area (Å²) in [5.41, 5.74) is 1.58. The minimum atomic E-state index is -0.0242. The van der Waals surface area contributed by atoms with Crippen LogP contribution in [0, 0.1) is 5.92 Å². The van der Waals surface area contributed by atoms with Gasteiger partial charge < -0.3 is 10.1 Å². The van der Waals surface area contributed by atoms with Crippen molar-refractivity contribution in [1.82, 2.24) is 10.2 Å². The fraction of sp³-hybridized carbons (Fsp3) is 0.571. The number of hydrogen-bond donors (Lipinski definition) is 1. The summed E-state index contributed by atoms with van der Waals surface area (Å²) >= 11 is 1.32. The molecule has 1 aliphatic heterocycles. The molecule has 1 amide bonds. The molecule has 0 spiro atoms. The number of hydrogen-bond acceptors (Lipinski definition) is 5. The SMILES string of the molecule is O=C(Nc1nncs1)C1CCOC1. The summed E-state index contributed by atoms with van der Waals surface area (Å²) in [7, 11) is 0. The van der Waals surface area contributed by atoms with Crippen LogP contribution in [0.3, 0.4) is 0 Å².